The fourth-order valence-electron chi connectivity index (χ4n) is 0.918. The van der Waals surface area contributed by atoms with Crippen LogP contribution in [0.15, 0.2) is 0 Å². The summed E-state index contributed by atoms with van der Waals surface area (Å²) >= 11 is 5.79. The van der Waals surface area contributed by atoms with E-state index >= 15 is 0 Å². The third-order valence-corrected chi connectivity index (χ3v) is 2.54. The minimum Gasteiger partial charge on any atom is -0.382 e. The number of hydrogen-bond donors (Lipinski definition) is 1. The molecule has 0 atom stereocenters. The van der Waals surface area contributed by atoms with Crippen molar-refractivity contribution in [2.75, 3.05) is 32.2 Å². The van der Waals surface area contributed by atoms with Gasteiger partial charge in [-0.3, -0.25) is 0 Å². The Balaban J connectivity index is 3.16. The maximum absolute atomic E-state index is 5.79. The summed E-state index contributed by atoms with van der Waals surface area (Å²) < 4.78 is 5.23. The predicted molar refractivity (Wildman–Crippen MR) is 58.5 cm³/mol. The molecule has 0 aliphatic heterocycles. The molecule has 0 fully saturated rings. The Morgan fingerprint density at radius 1 is 1.38 bits per heavy atom. The first-order valence-corrected chi connectivity index (χ1v) is 5.50. The molecule has 0 rings (SSSR count). The third-order valence-electron chi connectivity index (χ3n) is 1.81. The summed E-state index contributed by atoms with van der Waals surface area (Å²) in [4.78, 5) is 0. The number of hydrogen-bond acceptors (Lipinski definition) is 2. The summed E-state index contributed by atoms with van der Waals surface area (Å²) in [6.45, 7) is 10.00. The molecule has 0 saturated heterocycles. The van der Waals surface area contributed by atoms with Crippen LogP contribution in [0.5, 0.6) is 0 Å². The van der Waals surface area contributed by atoms with Crippen LogP contribution < -0.4 is 5.32 Å². The van der Waals surface area contributed by atoms with E-state index in [0.29, 0.717) is 5.88 Å². The lowest BCUT2D eigenvalue weighted by molar-refractivity contribution is 0.144. The van der Waals surface area contributed by atoms with Crippen molar-refractivity contribution in [3.05, 3.63) is 0 Å². The number of halogens is 1. The highest BCUT2D eigenvalue weighted by Crippen LogP contribution is 2.14. The fourth-order valence-corrected chi connectivity index (χ4v) is 1.01. The van der Waals surface area contributed by atoms with E-state index in [2.05, 4.69) is 19.2 Å². The average molecular weight is 208 g/mol. The fraction of sp³-hybridized carbons (Fsp3) is 1.00. The summed E-state index contributed by atoms with van der Waals surface area (Å²) in [5.74, 6) is 0.700. The lowest BCUT2D eigenvalue weighted by Crippen LogP contribution is -2.31. The van der Waals surface area contributed by atoms with Gasteiger partial charge in [0.15, 0.2) is 0 Å². The molecule has 0 heterocycles. The topological polar surface area (TPSA) is 21.3 Å². The maximum Gasteiger partial charge on any atom is 0.0477 e. The largest absolute Gasteiger partial charge is 0.382 e. The summed E-state index contributed by atoms with van der Waals surface area (Å²) in [6, 6.07) is 0. The highest BCUT2D eigenvalue weighted by atomic mass is 35.5. The van der Waals surface area contributed by atoms with Crippen LogP contribution in [0.25, 0.3) is 0 Å². The van der Waals surface area contributed by atoms with Crippen molar-refractivity contribution in [2.24, 2.45) is 5.41 Å². The molecule has 2 nitrogen and oxygen atoms in total. The van der Waals surface area contributed by atoms with Gasteiger partial charge in [-0.15, -0.1) is 11.6 Å². The first kappa shape index (κ1) is 13.2. The highest BCUT2D eigenvalue weighted by Gasteiger charge is 2.14. The summed E-state index contributed by atoms with van der Waals surface area (Å²) in [5, 5.41) is 3.37. The van der Waals surface area contributed by atoms with E-state index in [1.807, 2.05) is 6.92 Å². The van der Waals surface area contributed by atoms with E-state index in [0.717, 1.165) is 32.7 Å². The van der Waals surface area contributed by atoms with Gasteiger partial charge in [0.2, 0.25) is 0 Å². The van der Waals surface area contributed by atoms with Gasteiger partial charge in [-0.05, 0) is 25.3 Å². The van der Waals surface area contributed by atoms with E-state index in [-0.39, 0.29) is 5.41 Å². The molecule has 3 heteroatoms. The second-order valence-electron chi connectivity index (χ2n) is 4.03. The van der Waals surface area contributed by atoms with Crippen molar-refractivity contribution in [3.8, 4) is 0 Å². The molecule has 13 heavy (non-hydrogen) atoms. The number of nitrogens with one attached hydrogen (secondary N) is 1. The number of ether oxygens (including phenoxy) is 1. The SMILES string of the molecule is CCOCCCNCC(C)(C)CCl. The average Bonchev–Trinajstić information content (AvgIpc) is 2.11. The van der Waals surface area contributed by atoms with Gasteiger partial charge in [0.1, 0.15) is 0 Å². The quantitative estimate of drug-likeness (QED) is 0.487. The number of rotatable bonds is 8. The third kappa shape index (κ3) is 8.54. The molecule has 0 amide bonds. The molecular formula is C10H22ClNO. The molecule has 80 valence electrons. The van der Waals surface area contributed by atoms with Gasteiger partial charge in [-0.25, -0.2) is 0 Å². The molecule has 0 aliphatic rings. The van der Waals surface area contributed by atoms with Crippen molar-refractivity contribution in [3.63, 3.8) is 0 Å². The summed E-state index contributed by atoms with van der Waals surface area (Å²) in [6.07, 6.45) is 1.08. The second kappa shape index (κ2) is 7.60. The molecule has 0 spiro atoms. The molecule has 0 aromatic rings. The van der Waals surface area contributed by atoms with Crippen LogP contribution in [0.4, 0.5) is 0 Å². The van der Waals surface area contributed by atoms with Gasteiger partial charge < -0.3 is 10.1 Å². The van der Waals surface area contributed by atoms with E-state index < -0.39 is 0 Å². The van der Waals surface area contributed by atoms with E-state index in [9.17, 15) is 0 Å². The minimum atomic E-state index is 0.202. The first-order valence-electron chi connectivity index (χ1n) is 4.97. The molecule has 0 aliphatic carbocycles. The molecule has 0 unspecified atom stereocenters. The molecule has 0 saturated carbocycles. The Labute approximate surface area is 87.0 Å². The van der Waals surface area contributed by atoms with Crippen molar-refractivity contribution >= 4 is 11.6 Å². The van der Waals surface area contributed by atoms with Gasteiger partial charge in [0.05, 0.1) is 0 Å². The lowest BCUT2D eigenvalue weighted by Gasteiger charge is -2.21. The van der Waals surface area contributed by atoms with Crippen LogP contribution in [-0.4, -0.2) is 32.2 Å². The van der Waals surface area contributed by atoms with Crippen LogP contribution in [0, 0.1) is 5.41 Å². The first-order chi connectivity index (χ1) is 6.12. The van der Waals surface area contributed by atoms with Crippen molar-refractivity contribution < 1.29 is 4.74 Å². The Morgan fingerprint density at radius 2 is 2.08 bits per heavy atom. The van der Waals surface area contributed by atoms with Gasteiger partial charge in [-0.2, -0.15) is 0 Å². The minimum absolute atomic E-state index is 0.202. The van der Waals surface area contributed by atoms with Gasteiger partial charge in [-0.1, -0.05) is 13.8 Å². The molecule has 0 radical (unpaired) electrons. The number of alkyl halides is 1. The molecule has 0 aromatic carbocycles. The summed E-state index contributed by atoms with van der Waals surface area (Å²) in [7, 11) is 0. The Bertz CT molecular complexity index is 117. The van der Waals surface area contributed by atoms with Crippen LogP contribution >= 0.6 is 11.6 Å². The normalized spacial score (nSPS) is 12.0. The standard InChI is InChI=1S/C10H22ClNO/c1-4-13-7-5-6-12-9-10(2,3)8-11/h12H,4-9H2,1-3H3. The van der Waals surface area contributed by atoms with Crippen LogP contribution in [0.2, 0.25) is 0 Å². The van der Waals surface area contributed by atoms with E-state index in [1.165, 1.54) is 0 Å². The van der Waals surface area contributed by atoms with Gasteiger partial charge >= 0.3 is 0 Å². The zero-order valence-corrected chi connectivity index (χ0v) is 9.78. The van der Waals surface area contributed by atoms with E-state index in [1.54, 1.807) is 0 Å². The van der Waals surface area contributed by atoms with Crippen LogP contribution in [0.1, 0.15) is 27.2 Å². The monoisotopic (exact) mass is 207 g/mol. The Hall–Kier alpha value is 0.210. The molecule has 1 N–H and O–H groups in total. The second-order valence-corrected chi connectivity index (χ2v) is 4.29. The molecule has 0 bridgehead atoms. The predicted octanol–water partition coefficient (Wildman–Crippen LogP) is 2.27. The Morgan fingerprint density at radius 3 is 2.62 bits per heavy atom. The van der Waals surface area contributed by atoms with Gasteiger partial charge in [0, 0.05) is 25.6 Å². The maximum atomic E-state index is 5.79. The zero-order valence-electron chi connectivity index (χ0n) is 9.03. The highest BCUT2D eigenvalue weighted by molar-refractivity contribution is 6.18. The van der Waals surface area contributed by atoms with Gasteiger partial charge in [0.25, 0.3) is 0 Å². The van der Waals surface area contributed by atoms with Crippen LogP contribution in [0.3, 0.4) is 0 Å². The zero-order chi connectivity index (χ0) is 10.2. The van der Waals surface area contributed by atoms with Crippen molar-refractivity contribution in [1.29, 1.82) is 0 Å². The van der Waals surface area contributed by atoms with Crippen LogP contribution in [-0.2, 0) is 4.74 Å². The Kier molecular flexibility index (Phi) is 7.72. The van der Waals surface area contributed by atoms with Crippen molar-refractivity contribution in [1.82, 2.24) is 5.32 Å². The summed E-state index contributed by atoms with van der Waals surface area (Å²) in [5.41, 5.74) is 0.202. The molecule has 0 aromatic heterocycles. The smallest absolute Gasteiger partial charge is 0.0477 e. The lowest BCUT2D eigenvalue weighted by atomic mass is 9.97. The van der Waals surface area contributed by atoms with Crippen molar-refractivity contribution in [2.45, 2.75) is 27.2 Å². The van der Waals surface area contributed by atoms with E-state index in [4.69, 9.17) is 16.3 Å². The molecular weight excluding hydrogens is 186 g/mol.